The number of imidazole rings is 1. The van der Waals surface area contributed by atoms with E-state index in [4.69, 9.17) is 14.8 Å². The van der Waals surface area contributed by atoms with Crippen LogP contribution in [0.2, 0.25) is 0 Å². The van der Waals surface area contributed by atoms with Gasteiger partial charge in [0.05, 0.1) is 13.7 Å². The molecule has 33 heavy (non-hydrogen) atoms. The van der Waals surface area contributed by atoms with E-state index in [1.54, 1.807) is 41.1 Å². The third kappa shape index (κ3) is 5.30. The molecule has 1 saturated carbocycles. The molecule has 2 heterocycles. The molecule has 0 spiro atoms. The summed E-state index contributed by atoms with van der Waals surface area (Å²) in [6.07, 6.45) is 3.93. The molecule has 2 aromatic heterocycles. The van der Waals surface area contributed by atoms with Gasteiger partial charge in [-0.3, -0.25) is 23.7 Å². The topological polar surface area (TPSA) is 163 Å². The molecular weight excluding hydrogens is 451 g/mol. The molecule has 2 unspecified atom stereocenters. The lowest BCUT2D eigenvalue weighted by molar-refractivity contribution is -0.142. The number of hydrogen-bond donors (Lipinski definition) is 3. The number of aromatic nitrogens is 4. The number of nitrogens with zero attached hydrogens (tertiary/aromatic N) is 3. The zero-order valence-corrected chi connectivity index (χ0v) is 18.8. The second-order valence-corrected chi connectivity index (χ2v) is 9.15. The van der Waals surface area contributed by atoms with Gasteiger partial charge in [-0.15, -0.1) is 0 Å². The maximum Gasteiger partial charge on any atom is 0.459 e. The summed E-state index contributed by atoms with van der Waals surface area (Å²) in [5, 5.41) is 2.61. The average Bonchev–Trinajstić information content (AvgIpc) is 3.41. The second kappa shape index (κ2) is 9.18. The number of para-hydroxylation sites is 1. The van der Waals surface area contributed by atoms with E-state index in [9.17, 15) is 14.2 Å². The number of carbonyl (C=O) groups excluding carboxylic acids is 1. The van der Waals surface area contributed by atoms with Crippen molar-refractivity contribution in [2.75, 3.05) is 19.5 Å². The van der Waals surface area contributed by atoms with Gasteiger partial charge in [0.1, 0.15) is 18.1 Å². The van der Waals surface area contributed by atoms with Crippen molar-refractivity contribution in [1.82, 2.24) is 24.6 Å². The first-order chi connectivity index (χ1) is 15.8. The summed E-state index contributed by atoms with van der Waals surface area (Å²) < 4.78 is 30.9. The quantitative estimate of drug-likeness (QED) is 0.308. The van der Waals surface area contributed by atoms with Gasteiger partial charge in [-0.25, -0.2) is 9.55 Å². The van der Waals surface area contributed by atoms with Crippen LogP contribution in [-0.4, -0.2) is 45.2 Å². The first kappa shape index (κ1) is 22.7. The standard InChI is InChI=1S/C20H23N6O6P/c1-12(19(28)30-2)25-33(29,32-15-6-4-3-5-7-15)31-10-14-8-13(14)9-26-11-22-16-17(26)23-20(21)24-18(16)27/h3-7,9,11-12,14H,8,10H2,1-2H3,(H,25,29)(H3,21,23,24,27)/b13-9+/t12-,14?,33?/m0/s1. The highest BCUT2D eigenvalue weighted by Crippen LogP contribution is 2.48. The predicted molar refractivity (Wildman–Crippen MR) is 120 cm³/mol. The number of nitrogens with one attached hydrogen (secondary N) is 2. The van der Waals surface area contributed by atoms with Crippen LogP contribution in [0, 0.1) is 5.92 Å². The molecular formula is C20H23N6O6P. The Morgan fingerprint density at radius 1 is 1.42 bits per heavy atom. The summed E-state index contributed by atoms with van der Waals surface area (Å²) in [5.41, 5.74) is 6.69. The van der Waals surface area contributed by atoms with Crippen LogP contribution in [0.5, 0.6) is 5.75 Å². The molecule has 0 aliphatic heterocycles. The van der Waals surface area contributed by atoms with Gasteiger partial charge in [0, 0.05) is 12.1 Å². The van der Waals surface area contributed by atoms with Crippen LogP contribution < -0.4 is 20.9 Å². The second-order valence-electron chi connectivity index (χ2n) is 7.45. The third-order valence-electron chi connectivity index (χ3n) is 4.92. The number of fused-ring (bicyclic) bond motifs is 1. The van der Waals surface area contributed by atoms with Crippen LogP contribution in [0.15, 0.2) is 47.0 Å². The van der Waals surface area contributed by atoms with Crippen LogP contribution in [0.3, 0.4) is 0 Å². The van der Waals surface area contributed by atoms with Crippen molar-refractivity contribution in [2.45, 2.75) is 19.4 Å². The lowest BCUT2D eigenvalue weighted by Crippen LogP contribution is -2.34. The normalized spacial score (nSPS) is 19.2. The molecule has 174 valence electrons. The van der Waals surface area contributed by atoms with E-state index in [1.165, 1.54) is 20.4 Å². The molecule has 0 bridgehead atoms. The number of benzene rings is 1. The van der Waals surface area contributed by atoms with Crippen molar-refractivity contribution < 1.29 is 23.1 Å². The van der Waals surface area contributed by atoms with Crippen molar-refractivity contribution in [3.05, 3.63) is 52.6 Å². The van der Waals surface area contributed by atoms with Gasteiger partial charge < -0.3 is 15.0 Å². The minimum absolute atomic E-state index is 0.00636. The number of anilines is 1. The summed E-state index contributed by atoms with van der Waals surface area (Å²) in [5.74, 6) is -0.315. The van der Waals surface area contributed by atoms with Crippen molar-refractivity contribution in [3.8, 4) is 5.75 Å². The van der Waals surface area contributed by atoms with E-state index in [-0.39, 0.29) is 24.0 Å². The Morgan fingerprint density at radius 3 is 2.91 bits per heavy atom. The largest absolute Gasteiger partial charge is 0.468 e. The highest BCUT2D eigenvalue weighted by atomic mass is 31.2. The average molecular weight is 474 g/mol. The molecule has 12 nitrogen and oxygen atoms in total. The molecule has 0 radical (unpaired) electrons. The number of nitrogens with two attached hydrogens (primary N) is 1. The number of esters is 1. The monoisotopic (exact) mass is 474 g/mol. The summed E-state index contributed by atoms with van der Waals surface area (Å²) in [6.45, 7) is 1.59. The number of aromatic amines is 1. The zero-order valence-electron chi connectivity index (χ0n) is 17.9. The Bertz CT molecular complexity index is 1300. The van der Waals surface area contributed by atoms with E-state index < -0.39 is 25.3 Å². The highest BCUT2D eigenvalue weighted by Gasteiger charge is 2.37. The molecule has 1 aliphatic rings. The third-order valence-corrected chi connectivity index (χ3v) is 6.57. The van der Waals surface area contributed by atoms with Crippen LogP contribution in [-0.2, 0) is 18.6 Å². The Hall–Kier alpha value is -3.47. The fourth-order valence-corrected chi connectivity index (χ4v) is 4.67. The van der Waals surface area contributed by atoms with E-state index in [0.717, 1.165) is 5.57 Å². The number of methoxy groups -OCH3 is 1. The number of hydrogen-bond acceptors (Lipinski definition) is 9. The van der Waals surface area contributed by atoms with Gasteiger partial charge in [0.2, 0.25) is 5.95 Å². The molecule has 4 rings (SSSR count). The molecule has 0 amide bonds. The van der Waals surface area contributed by atoms with Crippen molar-refractivity contribution in [3.63, 3.8) is 0 Å². The fourth-order valence-electron chi connectivity index (χ4n) is 3.13. The number of H-pyrrole nitrogens is 1. The SMILES string of the molecule is COC(=O)[C@H](C)NP(=O)(OCC1C/C1=C\n1cnc2c(=O)[nH]c(N)nc21)Oc1ccccc1. The molecule has 0 saturated heterocycles. The van der Waals surface area contributed by atoms with Gasteiger partial charge in [-0.1, -0.05) is 18.2 Å². The van der Waals surface area contributed by atoms with Gasteiger partial charge in [-0.2, -0.15) is 10.1 Å². The molecule has 1 aliphatic carbocycles. The summed E-state index contributed by atoms with van der Waals surface area (Å²) in [6, 6.07) is 7.60. The molecule has 1 aromatic carbocycles. The smallest absolute Gasteiger partial charge is 0.459 e. The number of nitrogen functional groups attached to an aromatic ring is 1. The number of carbonyl (C=O) groups is 1. The Morgan fingerprint density at radius 2 is 2.18 bits per heavy atom. The maximum absolute atomic E-state index is 13.4. The van der Waals surface area contributed by atoms with Gasteiger partial charge in [0.25, 0.3) is 5.56 Å². The van der Waals surface area contributed by atoms with E-state index in [1.807, 2.05) is 0 Å². The summed E-state index contributed by atoms with van der Waals surface area (Å²) >= 11 is 0. The Labute approximate surface area is 188 Å². The molecule has 4 N–H and O–H groups in total. The first-order valence-corrected chi connectivity index (χ1v) is 11.6. The first-order valence-electron chi connectivity index (χ1n) is 10.1. The molecule has 13 heteroatoms. The van der Waals surface area contributed by atoms with E-state index >= 15 is 0 Å². The summed E-state index contributed by atoms with van der Waals surface area (Å²) in [7, 11) is -2.66. The van der Waals surface area contributed by atoms with Crippen LogP contribution in [0.1, 0.15) is 13.3 Å². The lowest BCUT2D eigenvalue weighted by Gasteiger charge is -2.22. The van der Waals surface area contributed by atoms with Crippen molar-refractivity contribution in [2.24, 2.45) is 5.92 Å². The van der Waals surface area contributed by atoms with E-state index in [2.05, 4.69) is 24.8 Å². The van der Waals surface area contributed by atoms with Gasteiger partial charge in [-0.05, 0) is 31.1 Å². The maximum atomic E-state index is 13.4. The molecule has 3 atom stereocenters. The van der Waals surface area contributed by atoms with Crippen LogP contribution >= 0.6 is 7.75 Å². The zero-order chi connectivity index (χ0) is 23.6. The minimum atomic E-state index is -3.90. The number of ether oxygens (including phenoxy) is 1. The molecule has 1 fully saturated rings. The van der Waals surface area contributed by atoms with E-state index in [0.29, 0.717) is 17.8 Å². The predicted octanol–water partition coefficient (Wildman–Crippen LogP) is 1.92. The van der Waals surface area contributed by atoms with Crippen LogP contribution in [0.25, 0.3) is 17.4 Å². The van der Waals surface area contributed by atoms with Gasteiger partial charge >= 0.3 is 13.7 Å². The minimum Gasteiger partial charge on any atom is -0.468 e. The van der Waals surface area contributed by atoms with Crippen molar-refractivity contribution >= 4 is 37.0 Å². The fraction of sp³-hybridized carbons (Fsp3) is 0.300. The Balaban J connectivity index is 1.47. The summed E-state index contributed by atoms with van der Waals surface area (Å²) in [4.78, 5) is 34.3. The number of rotatable bonds is 9. The molecule has 3 aromatic rings. The lowest BCUT2D eigenvalue weighted by atomic mass is 10.3. The van der Waals surface area contributed by atoms with Crippen LogP contribution in [0.4, 0.5) is 5.95 Å². The van der Waals surface area contributed by atoms with Crippen molar-refractivity contribution in [1.29, 1.82) is 0 Å². The highest BCUT2D eigenvalue weighted by molar-refractivity contribution is 7.52. The Kier molecular flexibility index (Phi) is 6.32. The van der Waals surface area contributed by atoms with Gasteiger partial charge in [0.15, 0.2) is 11.2 Å².